The monoisotopic (exact) mass is 548 g/mol. The average molecular weight is 549 g/mol. The van der Waals surface area contributed by atoms with Gasteiger partial charge in [0.1, 0.15) is 18.2 Å². The number of nitrogens with zero attached hydrogens (tertiary/aromatic N) is 8. The SMILES string of the molecule is C[C@@H](Cn1cnnn1)Oc1cc(-c2cnc(Nc3cn(CC4CCNC4)nc3C(F)(F)F)nc2)ccc1Cl. The standard InChI is InChI=1S/C23H24ClF3N10O/c1-14(10-37-13-31-34-35-37)38-20-6-16(2-3-18(20)24)17-8-29-22(30-9-17)32-19-12-36(11-15-4-5-28-7-15)33-21(19)23(25,26)27/h2-3,6,8-9,12-15,28H,4-5,7,10-11H2,1H3,(H,29,30,32)/t14-,15?/m0/s1. The van der Waals surface area contributed by atoms with Crippen LogP contribution in [0.15, 0.2) is 43.1 Å². The van der Waals surface area contributed by atoms with Crippen molar-refractivity contribution >= 4 is 23.2 Å². The van der Waals surface area contributed by atoms with E-state index in [1.165, 1.54) is 29.6 Å². The highest BCUT2D eigenvalue weighted by Crippen LogP contribution is 2.35. The summed E-state index contributed by atoms with van der Waals surface area (Å²) in [5.41, 5.74) is 0.145. The Morgan fingerprint density at radius 1 is 1.21 bits per heavy atom. The van der Waals surface area contributed by atoms with Crippen molar-refractivity contribution < 1.29 is 17.9 Å². The van der Waals surface area contributed by atoms with Gasteiger partial charge in [-0.15, -0.1) is 5.10 Å². The van der Waals surface area contributed by atoms with Crippen LogP contribution in [0.1, 0.15) is 19.0 Å². The lowest BCUT2D eigenvalue weighted by molar-refractivity contribution is -0.140. The van der Waals surface area contributed by atoms with Crippen LogP contribution in [0.4, 0.5) is 24.8 Å². The molecule has 3 aromatic heterocycles. The first-order valence-corrected chi connectivity index (χ1v) is 12.2. The molecule has 11 nitrogen and oxygen atoms in total. The number of benzene rings is 1. The van der Waals surface area contributed by atoms with Gasteiger partial charge >= 0.3 is 6.18 Å². The second-order valence-electron chi connectivity index (χ2n) is 9.00. The van der Waals surface area contributed by atoms with Gasteiger partial charge in [-0.2, -0.15) is 18.3 Å². The lowest BCUT2D eigenvalue weighted by Gasteiger charge is -2.16. The molecule has 0 spiro atoms. The highest BCUT2D eigenvalue weighted by Gasteiger charge is 2.38. The Hall–Kier alpha value is -3.78. The molecule has 5 rings (SSSR count). The van der Waals surface area contributed by atoms with Gasteiger partial charge in [0, 0.05) is 30.7 Å². The van der Waals surface area contributed by atoms with Crippen LogP contribution in [-0.4, -0.2) is 59.1 Å². The highest BCUT2D eigenvalue weighted by molar-refractivity contribution is 6.32. The molecular formula is C23H24ClF3N10O. The third-order valence-corrected chi connectivity index (χ3v) is 6.28. The molecule has 1 unspecified atom stereocenters. The molecule has 4 aromatic rings. The van der Waals surface area contributed by atoms with Crippen LogP contribution in [0.2, 0.25) is 5.02 Å². The molecule has 2 N–H and O–H groups in total. The van der Waals surface area contributed by atoms with Gasteiger partial charge in [-0.3, -0.25) is 4.68 Å². The zero-order valence-corrected chi connectivity index (χ0v) is 21.0. The van der Waals surface area contributed by atoms with E-state index in [4.69, 9.17) is 16.3 Å². The molecule has 1 aromatic carbocycles. The number of ether oxygens (including phenoxy) is 1. The number of tetrazole rings is 1. The van der Waals surface area contributed by atoms with Crippen LogP contribution in [-0.2, 0) is 19.3 Å². The Morgan fingerprint density at radius 3 is 2.71 bits per heavy atom. The van der Waals surface area contributed by atoms with Crippen molar-refractivity contribution in [2.75, 3.05) is 18.4 Å². The number of alkyl halides is 3. The smallest absolute Gasteiger partial charge is 0.437 e. The number of hydrogen-bond acceptors (Lipinski definition) is 9. The van der Waals surface area contributed by atoms with Crippen LogP contribution >= 0.6 is 11.6 Å². The zero-order valence-electron chi connectivity index (χ0n) is 20.2. The molecule has 38 heavy (non-hydrogen) atoms. The van der Waals surface area contributed by atoms with Crippen LogP contribution in [0.25, 0.3) is 11.1 Å². The first kappa shape index (κ1) is 25.9. The van der Waals surface area contributed by atoms with E-state index in [0.29, 0.717) is 29.4 Å². The third-order valence-electron chi connectivity index (χ3n) is 5.96. The van der Waals surface area contributed by atoms with Crippen molar-refractivity contribution in [1.82, 2.24) is 45.3 Å². The minimum Gasteiger partial charge on any atom is -0.487 e. The fraction of sp³-hybridized carbons (Fsp3) is 0.391. The van der Waals surface area contributed by atoms with E-state index < -0.39 is 11.9 Å². The first-order chi connectivity index (χ1) is 18.2. The molecule has 2 atom stereocenters. The molecule has 200 valence electrons. The molecule has 1 aliphatic rings. The normalized spacial score (nSPS) is 16.5. The molecule has 1 saturated heterocycles. The summed E-state index contributed by atoms with van der Waals surface area (Å²) >= 11 is 6.32. The minimum atomic E-state index is -4.62. The van der Waals surface area contributed by atoms with E-state index in [2.05, 4.69) is 41.2 Å². The lowest BCUT2D eigenvalue weighted by atomic mass is 10.1. The summed E-state index contributed by atoms with van der Waals surface area (Å²) in [6.07, 6.45) is 1.84. The topological polar surface area (TPSA) is 120 Å². The van der Waals surface area contributed by atoms with Crippen molar-refractivity contribution in [3.8, 4) is 16.9 Å². The molecule has 4 heterocycles. The molecule has 1 fully saturated rings. The maximum absolute atomic E-state index is 13.6. The maximum Gasteiger partial charge on any atom is 0.437 e. The summed E-state index contributed by atoms with van der Waals surface area (Å²) in [6, 6.07) is 5.20. The van der Waals surface area contributed by atoms with Crippen LogP contribution in [0, 0.1) is 5.92 Å². The zero-order chi connectivity index (χ0) is 26.7. The predicted molar refractivity (Wildman–Crippen MR) is 132 cm³/mol. The largest absolute Gasteiger partial charge is 0.487 e. The van der Waals surface area contributed by atoms with E-state index in [-0.39, 0.29) is 23.7 Å². The quantitative estimate of drug-likeness (QED) is 0.321. The van der Waals surface area contributed by atoms with Crippen LogP contribution < -0.4 is 15.4 Å². The molecule has 0 amide bonds. The second kappa shape index (κ2) is 10.9. The summed E-state index contributed by atoms with van der Waals surface area (Å²) < 4.78 is 49.7. The van der Waals surface area contributed by atoms with E-state index in [9.17, 15) is 13.2 Å². The minimum absolute atomic E-state index is 0.0156. The van der Waals surface area contributed by atoms with Crippen molar-refractivity contribution in [2.45, 2.75) is 38.7 Å². The van der Waals surface area contributed by atoms with Gasteiger partial charge in [0.25, 0.3) is 0 Å². The number of nitrogens with one attached hydrogen (secondary N) is 2. The van der Waals surface area contributed by atoms with Gasteiger partial charge in [-0.05, 0) is 60.5 Å². The van der Waals surface area contributed by atoms with E-state index in [1.54, 1.807) is 22.9 Å². The average Bonchev–Trinajstić information content (AvgIpc) is 3.64. The number of hydrogen-bond donors (Lipinski definition) is 2. The van der Waals surface area contributed by atoms with Crippen molar-refractivity contribution in [2.24, 2.45) is 5.92 Å². The Kier molecular flexibility index (Phi) is 7.42. The van der Waals surface area contributed by atoms with Crippen LogP contribution in [0.3, 0.4) is 0 Å². The Bertz CT molecular complexity index is 1360. The van der Waals surface area contributed by atoms with Crippen molar-refractivity contribution in [3.05, 3.63) is 53.8 Å². The molecule has 0 aliphatic carbocycles. The summed E-state index contributed by atoms with van der Waals surface area (Å²) in [4.78, 5) is 8.43. The van der Waals surface area contributed by atoms with Crippen molar-refractivity contribution in [1.29, 1.82) is 0 Å². The summed E-state index contributed by atoms with van der Waals surface area (Å²) in [6.45, 7) is 4.28. The molecule has 1 aliphatic heterocycles. The van der Waals surface area contributed by atoms with Gasteiger partial charge in [0.2, 0.25) is 5.95 Å². The second-order valence-corrected chi connectivity index (χ2v) is 9.40. The Labute approximate surface area is 220 Å². The third kappa shape index (κ3) is 6.19. The lowest BCUT2D eigenvalue weighted by Crippen LogP contribution is -2.20. The van der Waals surface area contributed by atoms with Crippen molar-refractivity contribution in [3.63, 3.8) is 0 Å². The van der Waals surface area contributed by atoms with Gasteiger partial charge in [0.15, 0.2) is 5.69 Å². The molecule has 0 bridgehead atoms. The number of aromatic nitrogens is 8. The predicted octanol–water partition coefficient (Wildman–Crippen LogP) is 3.82. The molecule has 15 heteroatoms. The maximum atomic E-state index is 13.6. The highest BCUT2D eigenvalue weighted by atomic mass is 35.5. The summed E-state index contributed by atoms with van der Waals surface area (Å²) in [5, 5.41) is 21.1. The number of rotatable bonds is 9. The summed E-state index contributed by atoms with van der Waals surface area (Å²) in [5.74, 6) is 0.698. The van der Waals surface area contributed by atoms with Gasteiger partial charge in [0.05, 0.1) is 17.3 Å². The number of anilines is 2. The molecular weight excluding hydrogens is 525 g/mol. The number of halogens is 4. The fourth-order valence-electron chi connectivity index (χ4n) is 4.17. The first-order valence-electron chi connectivity index (χ1n) is 11.9. The molecule has 0 saturated carbocycles. The molecule has 0 radical (unpaired) electrons. The van der Waals surface area contributed by atoms with Gasteiger partial charge in [-0.25, -0.2) is 14.6 Å². The fourth-order valence-corrected chi connectivity index (χ4v) is 4.33. The van der Waals surface area contributed by atoms with E-state index in [1.807, 2.05) is 6.92 Å². The Balaban J connectivity index is 1.30. The van der Waals surface area contributed by atoms with Gasteiger partial charge in [-0.1, -0.05) is 17.7 Å². The van der Waals surface area contributed by atoms with E-state index >= 15 is 0 Å². The summed E-state index contributed by atoms with van der Waals surface area (Å²) in [7, 11) is 0. The van der Waals surface area contributed by atoms with Crippen LogP contribution in [0.5, 0.6) is 5.75 Å². The van der Waals surface area contributed by atoms with E-state index in [0.717, 1.165) is 25.1 Å². The van der Waals surface area contributed by atoms with Gasteiger partial charge < -0.3 is 15.4 Å². The Morgan fingerprint density at radius 2 is 2.03 bits per heavy atom.